The zero-order valence-electron chi connectivity index (χ0n) is 30.9. The van der Waals surface area contributed by atoms with Crippen LogP contribution in [0.4, 0.5) is 0 Å². The molecule has 8 nitrogen and oxygen atoms in total. The highest BCUT2D eigenvalue weighted by atomic mass is 127. The molecule has 7 aromatic rings. The molecule has 290 valence electrons. The summed E-state index contributed by atoms with van der Waals surface area (Å²) in [6, 6.07) is 36.4. The summed E-state index contributed by atoms with van der Waals surface area (Å²) >= 11 is 19.3. The molecule has 3 aromatic heterocycles. The number of carbonyl (C=O) groups excluding carboxylic acids is 4. The first-order valence-corrected chi connectivity index (χ1v) is 20.6. The maximum Gasteiger partial charge on any atom is 0.252 e. The van der Waals surface area contributed by atoms with Crippen LogP contribution in [-0.2, 0) is 0 Å². The minimum absolute atomic E-state index is 0.0741. The molecular weight excluding hydrogens is 930 g/mol. The highest BCUT2D eigenvalue weighted by molar-refractivity contribution is 14.1. The number of hydrogen-bond acceptors (Lipinski definition) is 6. The summed E-state index contributed by atoms with van der Waals surface area (Å²) in [6.45, 7) is 0. The maximum atomic E-state index is 12.3. The molecule has 2 aliphatic heterocycles. The third-order valence-electron chi connectivity index (χ3n) is 10.4. The van der Waals surface area contributed by atoms with Crippen molar-refractivity contribution in [1.29, 1.82) is 0 Å². The van der Waals surface area contributed by atoms with Crippen molar-refractivity contribution in [3.8, 4) is 44.5 Å². The predicted octanol–water partition coefficient (Wildman–Crippen LogP) is 13.0. The van der Waals surface area contributed by atoms with Crippen molar-refractivity contribution >= 4 is 123 Å². The number of benzene rings is 4. The molecule has 12 heteroatoms. The van der Waals surface area contributed by atoms with Gasteiger partial charge in [-0.2, -0.15) is 0 Å². The molecule has 8 bridgehead atoms. The molecule has 60 heavy (non-hydrogen) atoms. The summed E-state index contributed by atoms with van der Waals surface area (Å²) in [6.07, 6.45) is 7.78. The van der Waals surface area contributed by atoms with Gasteiger partial charge in [-0.25, -0.2) is 9.97 Å². The monoisotopic (exact) mass is 954 g/mol. The van der Waals surface area contributed by atoms with Crippen molar-refractivity contribution in [2.75, 3.05) is 0 Å². The Morgan fingerprint density at radius 1 is 0.367 bits per heavy atom. The highest BCUT2D eigenvalue weighted by Crippen LogP contribution is 2.39. The molecule has 0 spiro atoms. The lowest BCUT2D eigenvalue weighted by Crippen LogP contribution is -1.92. The van der Waals surface area contributed by atoms with Gasteiger partial charge < -0.3 is 9.97 Å². The van der Waals surface area contributed by atoms with E-state index in [9.17, 15) is 19.2 Å². The smallest absolute Gasteiger partial charge is 0.252 e. The Balaban J connectivity index is 1.43. The fourth-order valence-corrected chi connectivity index (χ4v) is 8.23. The Labute approximate surface area is 370 Å². The lowest BCUT2D eigenvalue weighted by molar-refractivity contribution is 0.107. The summed E-state index contributed by atoms with van der Waals surface area (Å²) in [5, 5.41) is -1.70. The summed E-state index contributed by atoms with van der Waals surface area (Å²) in [5.41, 5.74) is 13.4. The third kappa shape index (κ3) is 7.45. The van der Waals surface area contributed by atoms with Crippen molar-refractivity contribution in [3.05, 3.63) is 166 Å². The number of aromatic nitrogens is 4. The minimum Gasteiger partial charge on any atom is -0.354 e. The molecule has 0 unspecified atom stereocenters. The minimum atomic E-state index is -0.567. The molecule has 0 aliphatic carbocycles. The van der Waals surface area contributed by atoms with Gasteiger partial charge in [-0.3, -0.25) is 19.2 Å². The average molecular weight is 956 g/mol. The van der Waals surface area contributed by atoms with Crippen LogP contribution in [0.1, 0.15) is 64.2 Å². The van der Waals surface area contributed by atoms with Crippen molar-refractivity contribution in [3.63, 3.8) is 0 Å². The van der Waals surface area contributed by atoms with E-state index >= 15 is 0 Å². The second-order valence-corrected chi connectivity index (χ2v) is 15.9. The van der Waals surface area contributed by atoms with Crippen molar-refractivity contribution < 1.29 is 19.2 Å². The molecule has 0 atom stereocenters. The van der Waals surface area contributed by atoms with Gasteiger partial charge in [-0.1, -0.05) is 48.5 Å². The van der Waals surface area contributed by atoms with E-state index in [1.165, 1.54) is 0 Å². The number of nitrogens with zero attached hydrogens (tertiary/aromatic N) is 2. The Morgan fingerprint density at radius 3 is 0.817 bits per heavy atom. The first kappa shape index (κ1) is 39.2. The van der Waals surface area contributed by atoms with E-state index in [1.54, 1.807) is 71.1 Å². The summed E-state index contributed by atoms with van der Waals surface area (Å²) in [7, 11) is 0. The Morgan fingerprint density at radius 2 is 0.600 bits per heavy atom. The number of hydrogen-bond donors (Lipinski definition) is 2. The van der Waals surface area contributed by atoms with Crippen LogP contribution >= 0.6 is 57.4 Å². The number of fused-ring (bicyclic) bond motifs is 8. The largest absolute Gasteiger partial charge is 0.354 e. The molecule has 0 amide bonds. The first-order chi connectivity index (χ1) is 29.0. The zero-order chi connectivity index (χ0) is 41.7. The van der Waals surface area contributed by atoms with Crippen LogP contribution in [0.15, 0.2) is 121 Å². The predicted molar refractivity (Wildman–Crippen MR) is 250 cm³/mol. The maximum absolute atomic E-state index is 12.3. The Kier molecular flexibility index (Phi) is 10.5. The molecule has 9 rings (SSSR count). The van der Waals surface area contributed by atoms with Gasteiger partial charge in [0.1, 0.15) is 0 Å². The summed E-state index contributed by atoms with van der Waals surface area (Å²) in [5.74, 6) is 0. The number of H-pyrrole nitrogens is 2. The van der Waals surface area contributed by atoms with Gasteiger partial charge in [0.15, 0.2) is 0 Å². The van der Waals surface area contributed by atoms with Gasteiger partial charge in [0.2, 0.25) is 3.79 Å². The lowest BCUT2D eigenvalue weighted by Gasteiger charge is -2.08. The van der Waals surface area contributed by atoms with Gasteiger partial charge in [0, 0.05) is 89.2 Å². The third-order valence-corrected chi connectivity index (χ3v) is 11.6. The van der Waals surface area contributed by atoms with Crippen LogP contribution in [0.3, 0.4) is 0 Å². The van der Waals surface area contributed by atoms with E-state index in [4.69, 9.17) is 44.8 Å². The average Bonchev–Trinajstić information content (AvgIpc) is 4.10. The van der Waals surface area contributed by atoms with E-state index in [-0.39, 0.29) is 3.79 Å². The van der Waals surface area contributed by atoms with Gasteiger partial charge in [0.25, 0.3) is 15.7 Å². The van der Waals surface area contributed by atoms with Gasteiger partial charge >= 0.3 is 0 Å². The van der Waals surface area contributed by atoms with E-state index < -0.39 is 15.7 Å². The topological polar surface area (TPSA) is 126 Å². The molecule has 0 fully saturated rings. The van der Waals surface area contributed by atoms with Crippen LogP contribution in [0.25, 0.3) is 90.9 Å². The molecular formula is C48H26Cl3IN4O4. The van der Waals surface area contributed by atoms with E-state index in [1.807, 2.05) is 97.1 Å². The number of rotatable bonds is 8. The van der Waals surface area contributed by atoms with Crippen molar-refractivity contribution in [2.45, 2.75) is 0 Å². The molecule has 2 N–H and O–H groups in total. The number of carbonyl (C=O) groups is 4. The van der Waals surface area contributed by atoms with Gasteiger partial charge in [-0.05, 0) is 154 Å². The SMILES string of the molecule is O=C(Cl)c1ccc(-c2c3nc(c(-c4ccc(C(=O)Cl)cc4)c4ccc([nH]4)c(-c4ccc(C(=O)I)cc4)c4nc(c(-c5ccc(C(=O)Cl)cc5)c5ccc2[nH]5)C=C4)C=C3)cc1. The molecule has 2 aliphatic rings. The number of halogens is 4. The molecule has 5 heterocycles. The fourth-order valence-electron chi connectivity index (χ4n) is 7.49. The van der Waals surface area contributed by atoms with Crippen LogP contribution in [-0.4, -0.2) is 39.5 Å². The molecule has 0 saturated carbocycles. The van der Waals surface area contributed by atoms with Crippen LogP contribution in [0.2, 0.25) is 0 Å². The zero-order valence-corrected chi connectivity index (χ0v) is 35.3. The normalized spacial score (nSPS) is 11.8. The van der Waals surface area contributed by atoms with Crippen molar-refractivity contribution in [2.24, 2.45) is 0 Å². The first-order valence-electron chi connectivity index (χ1n) is 18.4. The quantitative estimate of drug-likeness (QED) is 0.115. The van der Waals surface area contributed by atoms with E-state index in [0.717, 1.165) is 66.6 Å². The van der Waals surface area contributed by atoms with Crippen LogP contribution < -0.4 is 0 Å². The van der Waals surface area contributed by atoms with Gasteiger partial charge in [0.05, 0.1) is 22.8 Å². The van der Waals surface area contributed by atoms with E-state index in [2.05, 4.69) is 9.97 Å². The summed E-state index contributed by atoms with van der Waals surface area (Å²) < 4.78 is -0.0741. The number of aromatic amines is 2. The van der Waals surface area contributed by atoms with E-state index in [0.29, 0.717) is 45.0 Å². The second-order valence-electron chi connectivity index (χ2n) is 13.9. The Hall–Kier alpha value is -6.24. The van der Waals surface area contributed by atoms with Crippen LogP contribution in [0.5, 0.6) is 0 Å². The van der Waals surface area contributed by atoms with Crippen molar-refractivity contribution in [1.82, 2.24) is 19.9 Å². The summed E-state index contributed by atoms with van der Waals surface area (Å²) in [4.78, 5) is 66.3. The molecule has 0 saturated heterocycles. The highest BCUT2D eigenvalue weighted by Gasteiger charge is 2.20. The van der Waals surface area contributed by atoms with Gasteiger partial charge in [-0.15, -0.1) is 0 Å². The van der Waals surface area contributed by atoms with Crippen LogP contribution in [0, 0.1) is 0 Å². The fraction of sp³-hybridized carbons (Fsp3) is 0. The lowest BCUT2D eigenvalue weighted by atomic mass is 10.0. The molecule has 0 radical (unpaired) electrons. The molecule has 4 aromatic carbocycles. The Bertz CT molecular complexity index is 2770. The number of nitrogens with one attached hydrogen (secondary N) is 2. The standard InChI is InChI=1S/C48H26Cl3IN4O4/c49-45(57)29-9-1-25(2-10-29)41-33-17-19-35(53-33)42(26-3-11-30(12-4-26)46(50)58)37-21-23-39(55-37)44(28-7-15-32(16-8-28)48(52)60)40-24-22-38(56-40)43(36-20-18-34(41)54-36)27-5-13-31(14-6-27)47(51)59/h1-24,53,56H. The second kappa shape index (κ2) is 16.1.